The number of rotatable bonds is 17. The van der Waals surface area contributed by atoms with E-state index in [1.807, 2.05) is 0 Å². The molecule has 3 rings (SSSR count). The maximum Gasteiger partial charge on any atom is 0.366 e. The average molecular weight is 987 g/mol. The van der Waals surface area contributed by atoms with Gasteiger partial charge in [-0.1, -0.05) is 53.0 Å². The lowest BCUT2D eigenvalue weighted by Gasteiger charge is -2.51. The van der Waals surface area contributed by atoms with E-state index >= 15 is 0 Å². The van der Waals surface area contributed by atoms with E-state index in [0.717, 1.165) is 55.6 Å². The number of hydrogen-bond donors (Lipinski definition) is 1. The van der Waals surface area contributed by atoms with Crippen molar-refractivity contribution in [3.63, 3.8) is 0 Å². The number of alkyl halides is 3. The fraction of sp³-hybridized carbons (Fsp3) is 0.590. The van der Waals surface area contributed by atoms with Gasteiger partial charge in [0.15, 0.2) is 30.5 Å². The van der Waals surface area contributed by atoms with E-state index < -0.39 is 150 Å². The molecule has 23 nitrogen and oxygen atoms in total. The molecule has 65 heavy (non-hydrogen) atoms. The van der Waals surface area contributed by atoms with Gasteiger partial charge >= 0.3 is 53.7 Å². The third kappa shape index (κ3) is 15.7. The fourth-order valence-corrected chi connectivity index (χ4v) is 6.65. The summed E-state index contributed by atoms with van der Waals surface area (Å²) in [5, 5.41) is 8.32. The van der Waals surface area contributed by atoms with Crippen molar-refractivity contribution in [2.24, 2.45) is 0 Å². The Bertz CT molecular complexity index is 1940. The van der Waals surface area contributed by atoms with Gasteiger partial charge in [-0.15, -0.1) is 0 Å². The molecular weight excluding hydrogens is 941 g/mol. The number of nitrogens with one attached hydrogen (secondary N) is 1. The van der Waals surface area contributed by atoms with Gasteiger partial charge in [0.25, 0.3) is 9.58 Å². The van der Waals surface area contributed by atoms with Gasteiger partial charge in [-0.05, 0) is 12.1 Å². The van der Waals surface area contributed by atoms with E-state index in [9.17, 15) is 43.2 Å². The fourth-order valence-electron chi connectivity index (χ4n) is 6.51. The van der Waals surface area contributed by atoms with Crippen molar-refractivity contribution < 1.29 is 105 Å². The largest absolute Gasteiger partial charge is 0.465 e. The van der Waals surface area contributed by atoms with Crippen LogP contribution in [0.5, 0.6) is 0 Å². The zero-order chi connectivity index (χ0) is 49.0. The van der Waals surface area contributed by atoms with E-state index in [0.29, 0.717) is 0 Å². The highest BCUT2D eigenvalue weighted by molar-refractivity contribution is 6.76. The van der Waals surface area contributed by atoms with Gasteiger partial charge < -0.3 is 61.6 Å². The molecule has 0 aromatic heterocycles. The first-order valence-corrected chi connectivity index (χ1v) is 20.2. The Morgan fingerprint density at radius 2 is 1.26 bits per heavy atom. The number of benzene rings is 1. The predicted octanol–water partition coefficient (Wildman–Crippen LogP) is 2.13. The van der Waals surface area contributed by atoms with Crippen molar-refractivity contribution in [3.05, 3.63) is 35.9 Å². The third-order valence-electron chi connectivity index (χ3n) is 8.76. The van der Waals surface area contributed by atoms with E-state index in [1.165, 1.54) is 24.3 Å². The van der Waals surface area contributed by atoms with Crippen molar-refractivity contribution in [1.82, 2.24) is 0 Å². The highest BCUT2D eigenvalue weighted by Gasteiger charge is 2.64. The molecule has 0 spiro atoms. The quantitative estimate of drug-likeness (QED) is 0.0768. The van der Waals surface area contributed by atoms with Gasteiger partial charge in [0.2, 0.25) is 12.2 Å². The Morgan fingerprint density at radius 1 is 0.708 bits per heavy atom. The summed E-state index contributed by atoms with van der Waals surface area (Å²) in [5.74, 6) is -14.1. The summed E-state index contributed by atoms with van der Waals surface area (Å²) in [6.45, 7) is 4.81. The Morgan fingerprint density at radius 3 is 1.77 bits per heavy atom. The molecule has 0 saturated carbocycles. The van der Waals surface area contributed by atoms with Crippen LogP contribution in [-0.2, 0) is 99.9 Å². The molecule has 2 aliphatic rings. The molecule has 1 aromatic rings. The second-order valence-electron chi connectivity index (χ2n) is 14.0. The Balaban J connectivity index is 2.41. The van der Waals surface area contributed by atoms with Crippen LogP contribution in [0.25, 0.3) is 0 Å². The van der Waals surface area contributed by atoms with Gasteiger partial charge in [-0.2, -0.15) is 0 Å². The van der Waals surface area contributed by atoms with Crippen molar-refractivity contribution in [2.45, 2.75) is 126 Å². The number of esters is 9. The van der Waals surface area contributed by atoms with Crippen molar-refractivity contribution in [1.29, 1.82) is 5.41 Å². The van der Waals surface area contributed by atoms with Crippen molar-refractivity contribution in [3.8, 4) is 0 Å². The van der Waals surface area contributed by atoms with Crippen molar-refractivity contribution >= 4 is 94.4 Å². The van der Waals surface area contributed by atoms with E-state index in [1.54, 1.807) is 6.07 Å². The molecular formula is C39H46Cl3NO22. The topological polar surface area (TPSA) is 297 Å². The molecule has 0 aliphatic carbocycles. The van der Waals surface area contributed by atoms with Crippen LogP contribution >= 0.6 is 34.8 Å². The number of ether oxygens (including phenoxy) is 13. The normalized spacial score (nSPS) is 26.0. The maximum atomic E-state index is 14.4. The molecule has 1 N–H and O–H groups in total. The Kier molecular flexibility index (Phi) is 19.7. The number of carbonyl (C=O) groups excluding carboxylic acids is 9. The van der Waals surface area contributed by atoms with Crippen LogP contribution in [0.3, 0.4) is 0 Å². The van der Waals surface area contributed by atoms with Crippen LogP contribution in [0.2, 0.25) is 0 Å². The lowest BCUT2D eigenvalue weighted by molar-refractivity contribution is -0.373. The average Bonchev–Trinajstić information content (AvgIpc) is 3.19. The molecule has 2 saturated heterocycles. The first kappa shape index (κ1) is 54.0. The lowest BCUT2D eigenvalue weighted by Crippen LogP contribution is -2.70. The van der Waals surface area contributed by atoms with Gasteiger partial charge in [0.1, 0.15) is 37.6 Å². The minimum atomic E-state index is -3.09. The Hall–Kier alpha value is -5.33. The zero-order valence-electron chi connectivity index (χ0n) is 35.9. The summed E-state index contributed by atoms with van der Waals surface area (Å²) in [5.41, 5.74) is 0.0527. The number of carbonyl (C=O) groups is 9. The minimum absolute atomic E-state index is 0.0527. The molecule has 0 amide bonds. The van der Waals surface area contributed by atoms with E-state index in [4.69, 9.17) is 102 Å². The first-order valence-electron chi connectivity index (χ1n) is 19.1. The molecule has 2 fully saturated rings. The summed E-state index contributed by atoms with van der Waals surface area (Å²) in [6.07, 6.45) is -20.9. The zero-order valence-corrected chi connectivity index (χ0v) is 38.2. The molecule has 360 valence electrons. The van der Waals surface area contributed by atoms with Gasteiger partial charge in [0, 0.05) is 48.5 Å². The predicted molar refractivity (Wildman–Crippen MR) is 214 cm³/mol. The van der Waals surface area contributed by atoms with E-state index in [-0.39, 0.29) is 5.56 Å². The second-order valence-corrected chi connectivity index (χ2v) is 16.2. The number of halogens is 3. The maximum absolute atomic E-state index is 14.4. The SMILES string of the molecule is COC(=O)[C@@]1(O[C@H]2[C@@H](OC(C)=O)[C@@H](COC(=O)c3ccccc3)O[C@H](OC(=N)C(Cl)(Cl)Cl)[C@@H]2OC(C)=O)C[C@H](OC(C)=O)[C@@H](OC(C)=O)[C@H]([C@H](OC(C)=O)[C@@H](COC(C)=O)OC(C)=O)O1. The molecule has 0 bridgehead atoms. The highest BCUT2D eigenvalue weighted by atomic mass is 35.6. The van der Waals surface area contributed by atoms with Gasteiger partial charge in [-0.25, -0.2) is 9.59 Å². The van der Waals surface area contributed by atoms with Crippen LogP contribution < -0.4 is 0 Å². The van der Waals surface area contributed by atoms with Crippen LogP contribution in [0.15, 0.2) is 30.3 Å². The van der Waals surface area contributed by atoms with E-state index in [2.05, 4.69) is 0 Å². The molecule has 1 aromatic carbocycles. The molecule has 2 heterocycles. The third-order valence-corrected chi connectivity index (χ3v) is 9.28. The summed E-state index contributed by atoms with van der Waals surface area (Å²) < 4.78 is 70.5. The minimum Gasteiger partial charge on any atom is -0.465 e. The molecule has 0 unspecified atom stereocenters. The summed E-state index contributed by atoms with van der Waals surface area (Å²) in [4.78, 5) is 116. The summed E-state index contributed by atoms with van der Waals surface area (Å²) >= 11 is 17.7. The van der Waals surface area contributed by atoms with Crippen LogP contribution in [0, 0.1) is 5.41 Å². The monoisotopic (exact) mass is 985 g/mol. The summed E-state index contributed by atoms with van der Waals surface area (Å²) in [7, 11) is 0.841. The molecule has 0 radical (unpaired) electrons. The number of hydrogen-bond acceptors (Lipinski definition) is 23. The number of methoxy groups -OCH3 is 1. The molecule has 2 aliphatic heterocycles. The molecule has 11 atom stereocenters. The second kappa shape index (κ2) is 23.7. The van der Waals surface area contributed by atoms with Crippen molar-refractivity contribution in [2.75, 3.05) is 20.3 Å². The van der Waals surface area contributed by atoms with Crippen LogP contribution in [0.1, 0.15) is 65.2 Å². The van der Waals surface area contributed by atoms with Crippen LogP contribution in [0.4, 0.5) is 0 Å². The Labute approximate surface area is 385 Å². The summed E-state index contributed by atoms with van der Waals surface area (Å²) in [6, 6.07) is 7.50. The first-order chi connectivity index (χ1) is 30.3. The lowest BCUT2D eigenvalue weighted by atomic mass is 9.89. The standard InChI is InChI=1S/C39H46Cl3NO22/c1-17(44)54-15-26(57-19(3)46)29(59-21(5)48)31-28(58-20(4)47)25(56-18(2)45)14-38(64-31,37(52)53-8)65-32-30(60-22(6)49)27(16-55-34(51)24-12-10-9-11-13-24)62-35(33(32)61-23(7)50)63-36(43)39(40,41)42/h9-13,25-33,35,43H,14-16H2,1-8H3/t25-,26+,27+,28+,29+,30-,31+,32-,33+,35+,38-/m0/s1. The van der Waals surface area contributed by atoms with Gasteiger partial charge in [-0.3, -0.25) is 39.0 Å². The van der Waals surface area contributed by atoms with Gasteiger partial charge in [0.05, 0.1) is 19.1 Å². The smallest absolute Gasteiger partial charge is 0.366 e. The highest BCUT2D eigenvalue weighted by Crippen LogP contribution is 2.42. The molecule has 26 heteroatoms. The van der Waals surface area contributed by atoms with Crippen LogP contribution in [-0.4, -0.2) is 151 Å².